The van der Waals surface area contributed by atoms with Crippen molar-refractivity contribution in [3.8, 4) is 0 Å². The maximum atomic E-state index is 5.84. The number of hydrogen-bond acceptors (Lipinski definition) is 2. The number of aromatic nitrogens is 1. The van der Waals surface area contributed by atoms with E-state index in [0.29, 0.717) is 6.04 Å². The van der Waals surface area contributed by atoms with Crippen molar-refractivity contribution in [2.75, 3.05) is 6.61 Å². The first-order chi connectivity index (χ1) is 10.8. The Kier molecular flexibility index (Phi) is 4.62. The third-order valence-corrected chi connectivity index (χ3v) is 4.09. The molecule has 3 nitrogen and oxygen atoms in total. The first-order valence-electron chi connectivity index (χ1n) is 8.18. The predicted molar refractivity (Wildman–Crippen MR) is 90.5 cm³/mol. The average molecular weight is 296 g/mol. The summed E-state index contributed by atoms with van der Waals surface area (Å²) in [6.07, 6.45) is 5.65. The minimum absolute atomic E-state index is 0.331. The van der Waals surface area contributed by atoms with Gasteiger partial charge in [-0.25, -0.2) is 4.99 Å². The molecule has 0 amide bonds. The number of unbranched alkanes of at least 4 members (excludes halogenated alkanes) is 1. The molecule has 116 valence electrons. The second-order valence-corrected chi connectivity index (χ2v) is 6.05. The Morgan fingerprint density at radius 1 is 1.27 bits per heavy atom. The van der Waals surface area contributed by atoms with E-state index in [9.17, 15) is 0 Å². The second kappa shape index (κ2) is 6.82. The van der Waals surface area contributed by atoms with Crippen LogP contribution in [0.4, 0.5) is 0 Å². The van der Waals surface area contributed by atoms with Crippen molar-refractivity contribution in [2.45, 2.75) is 45.7 Å². The number of aliphatic imine (C=N–C) groups is 1. The van der Waals surface area contributed by atoms with E-state index < -0.39 is 0 Å². The monoisotopic (exact) mass is 296 g/mol. The zero-order valence-corrected chi connectivity index (χ0v) is 13.5. The molecule has 0 radical (unpaired) electrons. The highest BCUT2D eigenvalue weighted by molar-refractivity contribution is 5.93. The van der Waals surface area contributed by atoms with Gasteiger partial charge in [0.15, 0.2) is 0 Å². The predicted octanol–water partition coefficient (Wildman–Crippen LogP) is 4.18. The Morgan fingerprint density at radius 3 is 3.00 bits per heavy atom. The van der Waals surface area contributed by atoms with Crippen molar-refractivity contribution in [2.24, 2.45) is 4.99 Å². The highest BCUT2D eigenvalue weighted by Gasteiger charge is 2.21. The molecule has 1 aromatic carbocycles. The quantitative estimate of drug-likeness (QED) is 0.785. The van der Waals surface area contributed by atoms with E-state index in [1.54, 1.807) is 0 Å². The third kappa shape index (κ3) is 3.41. The highest BCUT2D eigenvalue weighted by atomic mass is 16.5. The fourth-order valence-corrected chi connectivity index (χ4v) is 2.90. The van der Waals surface area contributed by atoms with Crippen LogP contribution in [0.25, 0.3) is 0 Å². The zero-order chi connectivity index (χ0) is 15.4. The van der Waals surface area contributed by atoms with E-state index in [1.165, 1.54) is 24.0 Å². The molecule has 0 spiro atoms. The number of benzene rings is 1. The lowest BCUT2D eigenvalue weighted by Crippen LogP contribution is -2.10. The molecule has 0 saturated carbocycles. The standard InChI is InChI=1S/C19H24N2O/c1-3-4-9-17-14-22-19(20-17)18-10-6-11-21(18)13-16-8-5-7-15(2)12-16/h5-8,10-12,17H,3-4,9,13-14H2,1-2H3. The average Bonchev–Trinajstić information content (AvgIpc) is 3.14. The summed E-state index contributed by atoms with van der Waals surface area (Å²) in [5.74, 6) is 0.804. The van der Waals surface area contributed by atoms with Crippen LogP contribution in [0.3, 0.4) is 0 Å². The van der Waals surface area contributed by atoms with Gasteiger partial charge in [-0.05, 0) is 31.0 Å². The summed E-state index contributed by atoms with van der Waals surface area (Å²) < 4.78 is 8.06. The number of hydrogen-bond donors (Lipinski definition) is 0. The molecular formula is C19H24N2O. The van der Waals surface area contributed by atoms with Gasteiger partial charge in [-0.15, -0.1) is 0 Å². The van der Waals surface area contributed by atoms with Gasteiger partial charge in [0.2, 0.25) is 5.90 Å². The maximum absolute atomic E-state index is 5.84. The van der Waals surface area contributed by atoms with Gasteiger partial charge < -0.3 is 9.30 Å². The van der Waals surface area contributed by atoms with Crippen molar-refractivity contribution in [3.05, 3.63) is 59.4 Å². The van der Waals surface area contributed by atoms with Crippen molar-refractivity contribution in [1.29, 1.82) is 0 Å². The number of ether oxygens (including phenoxy) is 1. The fraction of sp³-hybridized carbons (Fsp3) is 0.421. The molecule has 2 aromatic rings. The second-order valence-electron chi connectivity index (χ2n) is 6.05. The summed E-state index contributed by atoms with van der Waals surface area (Å²) in [5, 5.41) is 0. The Bertz CT molecular complexity index is 657. The van der Waals surface area contributed by atoms with Crippen LogP contribution < -0.4 is 0 Å². The summed E-state index contributed by atoms with van der Waals surface area (Å²) in [5.41, 5.74) is 3.68. The number of aryl methyl sites for hydroxylation is 1. The molecule has 1 atom stereocenters. The first-order valence-corrected chi connectivity index (χ1v) is 8.18. The Hall–Kier alpha value is -2.03. The lowest BCUT2D eigenvalue weighted by molar-refractivity contribution is 0.308. The Labute approximate surface area is 132 Å². The molecule has 3 rings (SSSR count). The largest absolute Gasteiger partial charge is 0.474 e. The van der Waals surface area contributed by atoms with Gasteiger partial charge in [0.1, 0.15) is 12.3 Å². The highest BCUT2D eigenvalue weighted by Crippen LogP contribution is 2.18. The van der Waals surface area contributed by atoms with Crippen LogP contribution in [0.5, 0.6) is 0 Å². The van der Waals surface area contributed by atoms with Gasteiger partial charge in [-0.2, -0.15) is 0 Å². The molecular weight excluding hydrogens is 272 g/mol. The molecule has 3 heteroatoms. The molecule has 0 N–H and O–H groups in total. The van der Waals surface area contributed by atoms with Crippen LogP contribution in [0, 0.1) is 6.92 Å². The molecule has 0 aliphatic carbocycles. The maximum Gasteiger partial charge on any atom is 0.233 e. The molecule has 2 heterocycles. The van der Waals surface area contributed by atoms with E-state index in [2.05, 4.69) is 61.0 Å². The van der Waals surface area contributed by atoms with Gasteiger partial charge in [-0.3, -0.25) is 0 Å². The molecule has 1 unspecified atom stereocenters. The SMILES string of the molecule is CCCCC1COC(c2cccn2Cc2cccc(C)c2)=N1. The zero-order valence-electron chi connectivity index (χ0n) is 13.5. The number of rotatable bonds is 6. The van der Waals surface area contributed by atoms with Crippen molar-refractivity contribution < 1.29 is 4.74 Å². The molecule has 0 fully saturated rings. The van der Waals surface area contributed by atoms with Crippen LogP contribution >= 0.6 is 0 Å². The summed E-state index contributed by atoms with van der Waals surface area (Å²) in [4.78, 5) is 4.76. The van der Waals surface area contributed by atoms with Crippen LogP contribution in [0.1, 0.15) is 43.0 Å². The van der Waals surface area contributed by atoms with E-state index in [-0.39, 0.29) is 0 Å². The van der Waals surface area contributed by atoms with Crippen LogP contribution in [-0.4, -0.2) is 23.1 Å². The van der Waals surface area contributed by atoms with E-state index >= 15 is 0 Å². The van der Waals surface area contributed by atoms with Crippen molar-refractivity contribution >= 4 is 5.90 Å². The summed E-state index contributed by atoms with van der Waals surface area (Å²) >= 11 is 0. The molecule has 1 aromatic heterocycles. The fourth-order valence-electron chi connectivity index (χ4n) is 2.90. The molecule has 1 aliphatic rings. The summed E-state index contributed by atoms with van der Waals surface area (Å²) in [6, 6.07) is 13.1. The van der Waals surface area contributed by atoms with Crippen molar-refractivity contribution in [3.63, 3.8) is 0 Å². The smallest absolute Gasteiger partial charge is 0.233 e. The van der Waals surface area contributed by atoms with Crippen molar-refractivity contribution in [1.82, 2.24) is 4.57 Å². The van der Waals surface area contributed by atoms with E-state index in [1.807, 2.05) is 0 Å². The normalized spacial score (nSPS) is 17.4. The minimum atomic E-state index is 0.331. The lowest BCUT2D eigenvalue weighted by Gasteiger charge is -2.09. The Balaban J connectivity index is 1.75. The van der Waals surface area contributed by atoms with Crippen LogP contribution in [-0.2, 0) is 11.3 Å². The van der Waals surface area contributed by atoms with E-state index in [4.69, 9.17) is 9.73 Å². The van der Waals surface area contributed by atoms with Gasteiger partial charge in [0.25, 0.3) is 0 Å². The van der Waals surface area contributed by atoms with Gasteiger partial charge in [0, 0.05) is 12.7 Å². The van der Waals surface area contributed by atoms with Gasteiger partial charge >= 0.3 is 0 Å². The number of nitrogens with zero attached hydrogens (tertiary/aromatic N) is 2. The van der Waals surface area contributed by atoms with Crippen LogP contribution in [0.2, 0.25) is 0 Å². The molecule has 1 aliphatic heterocycles. The minimum Gasteiger partial charge on any atom is -0.474 e. The first kappa shape index (κ1) is 14.9. The van der Waals surface area contributed by atoms with E-state index in [0.717, 1.165) is 31.2 Å². The van der Waals surface area contributed by atoms with Crippen LogP contribution in [0.15, 0.2) is 47.6 Å². The topological polar surface area (TPSA) is 26.5 Å². The molecule has 0 saturated heterocycles. The third-order valence-electron chi connectivity index (χ3n) is 4.09. The Morgan fingerprint density at radius 2 is 2.18 bits per heavy atom. The summed E-state index contributed by atoms with van der Waals surface area (Å²) in [7, 11) is 0. The molecule has 22 heavy (non-hydrogen) atoms. The van der Waals surface area contributed by atoms with Gasteiger partial charge in [0.05, 0.1) is 6.04 Å². The summed E-state index contributed by atoms with van der Waals surface area (Å²) in [6.45, 7) is 5.92. The molecule has 0 bridgehead atoms. The lowest BCUT2D eigenvalue weighted by atomic mass is 10.1. The van der Waals surface area contributed by atoms with Gasteiger partial charge in [-0.1, -0.05) is 49.6 Å².